The number of likely N-dealkylation sites (N-methyl/N-ethyl adjacent to an activating group) is 1. The minimum atomic E-state index is -0.679. The van der Waals surface area contributed by atoms with Crippen molar-refractivity contribution < 1.29 is 14.1 Å². The zero-order valence-corrected chi connectivity index (χ0v) is 14.0. The highest BCUT2D eigenvalue weighted by Crippen LogP contribution is 2.40. The average molecular weight is 333 g/mol. The molecule has 2 heterocycles. The van der Waals surface area contributed by atoms with E-state index in [4.69, 9.17) is 10.3 Å². The van der Waals surface area contributed by atoms with Gasteiger partial charge in [-0.3, -0.25) is 9.69 Å². The first-order valence-corrected chi connectivity index (χ1v) is 8.68. The predicted octanol–water partition coefficient (Wildman–Crippen LogP) is 1.50. The molecule has 0 bridgehead atoms. The van der Waals surface area contributed by atoms with E-state index in [0.29, 0.717) is 5.82 Å². The molecule has 3 aliphatic rings. The minimum absolute atomic E-state index is 0.0207. The Morgan fingerprint density at radius 3 is 2.46 bits per heavy atom. The number of nitrogens with two attached hydrogens (primary N) is 1. The van der Waals surface area contributed by atoms with E-state index in [0.717, 1.165) is 51.4 Å². The molecule has 3 amide bonds. The zero-order chi connectivity index (χ0) is 16.9. The van der Waals surface area contributed by atoms with Crippen LogP contribution in [0.5, 0.6) is 0 Å². The molecule has 130 valence electrons. The summed E-state index contributed by atoms with van der Waals surface area (Å²) in [5, 5.41) is 3.95. The first-order chi connectivity index (χ1) is 11.5. The lowest BCUT2D eigenvalue weighted by Gasteiger charge is -2.35. The summed E-state index contributed by atoms with van der Waals surface area (Å²) in [5.41, 5.74) is 5.00. The van der Waals surface area contributed by atoms with Gasteiger partial charge in [-0.2, -0.15) is 4.98 Å². The zero-order valence-electron chi connectivity index (χ0n) is 14.0. The molecule has 0 radical (unpaired) electrons. The highest BCUT2D eigenvalue weighted by molar-refractivity contribution is 6.06. The number of urea groups is 1. The number of hydrogen-bond donors (Lipinski definition) is 1. The second kappa shape index (κ2) is 5.27. The maximum Gasteiger partial charge on any atom is 0.327 e. The summed E-state index contributed by atoms with van der Waals surface area (Å²) in [6, 6.07) is -0.284. The van der Waals surface area contributed by atoms with Crippen molar-refractivity contribution in [2.24, 2.45) is 5.73 Å². The van der Waals surface area contributed by atoms with Crippen LogP contribution >= 0.6 is 0 Å². The van der Waals surface area contributed by atoms with E-state index in [1.54, 1.807) is 11.9 Å². The number of aromatic nitrogens is 2. The van der Waals surface area contributed by atoms with Crippen LogP contribution in [0.3, 0.4) is 0 Å². The third-order valence-electron chi connectivity index (χ3n) is 5.94. The van der Waals surface area contributed by atoms with Gasteiger partial charge in [0.15, 0.2) is 5.82 Å². The monoisotopic (exact) mass is 333 g/mol. The fourth-order valence-corrected chi connectivity index (χ4v) is 4.11. The summed E-state index contributed by atoms with van der Waals surface area (Å²) in [7, 11) is 1.72. The molecule has 2 aliphatic carbocycles. The van der Waals surface area contributed by atoms with Crippen LogP contribution in [-0.2, 0) is 16.9 Å². The topological polar surface area (TPSA) is 106 Å². The van der Waals surface area contributed by atoms with Gasteiger partial charge in [-0.05, 0) is 32.1 Å². The standard InChI is InChI=1S/C16H23N5O3/c1-20-14(23)21(13(22)16(20)8-3-2-4-9-16)10-11-18-12(19-24-11)15(17)6-5-7-15/h2-10,17H2,1H3. The smallest absolute Gasteiger partial charge is 0.327 e. The summed E-state index contributed by atoms with van der Waals surface area (Å²) in [4.78, 5) is 32.7. The number of carbonyl (C=O) groups excluding carboxylic acids is 2. The fraction of sp³-hybridized carbons (Fsp3) is 0.750. The molecular weight excluding hydrogens is 310 g/mol. The molecule has 24 heavy (non-hydrogen) atoms. The Labute approximate surface area is 140 Å². The molecule has 0 atom stereocenters. The number of hydrogen-bond acceptors (Lipinski definition) is 6. The Morgan fingerprint density at radius 1 is 1.12 bits per heavy atom. The van der Waals surface area contributed by atoms with Crippen LogP contribution in [0, 0.1) is 0 Å². The summed E-state index contributed by atoms with van der Waals surface area (Å²) < 4.78 is 5.25. The van der Waals surface area contributed by atoms with Gasteiger partial charge < -0.3 is 15.2 Å². The van der Waals surface area contributed by atoms with E-state index < -0.39 is 11.1 Å². The SMILES string of the molecule is CN1C(=O)N(Cc2nc(C3(N)CCC3)no2)C(=O)C12CCCCC2. The van der Waals surface area contributed by atoms with Crippen molar-refractivity contribution in [2.75, 3.05) is 7.05 Å². The molecule has 1 aliphatic heterocycles. The van der Waals surface area contributed by atoms with Crippen LogP contribution in [0.4, 0.5) is 4.79 Å². The first-order valence-electron chi connectivity index (χ1n) is 8.68. The van der Waals surface area contributed by atoms with E-state index >= 15 is 0 Å². The molecule has 0 aromatic carbocycles. The number of amides is 3. The first kappa shape index (κ1) is 15.6. The van der Waals surface area contributed by atoms with Gasteiger partial charge >= 0.3 is 6.03 Å². The number of imide groups is 1. The van der Waals surface area contributed by atoms with Crippen molar-refractivity contribution in [3.63, 3.8) is 0 Å². The van der Waals surface area contributed by atoms with Crippen LogP contribution in [-0.4, -0.2) is 44.5 Å². The molecule has 1 aromatic heterocycles. The molecule has 3 fully saturated rings. The minimum Gasteiger partial charge on any atom is -0.337 e. The fourth-order valence-electron chi connectivity index (χ4n) is 4.11. The van der Waals surface area contributed by atoms with Gasteiger partial charge in [-0.15, -0.1) is 0 Å². The van der Waals surface area contributed by atoms with Crippen molar-refractivity contribution in [2.45, 2.75) is 69.0 Å². The van der Waals surface area contributed by atoms with E-state index in [2.05, 4.69) is 10.1 Å². The lowest BCUT2D eigenvalue weighted by Crippen LogP contribution is -2.49. The van der Waals surface area contributed by atoms with Gasteiger partial charge in [-0.25, -0.2) is 4.79 Å². The number of rotatable bonds is 3. The lowest BCUT2D eigenvalue weighted by atomic mass is 9.77. The summed E-state index contributed by atoms with van der Waals surface area (Å²) in [6.45, 7) is 0.0207. The third kappa shape index (κ3) is 2.08. The van der Waals surface area contributed by atoms with E-state index in [1.165, 1.54) is 4.90 Å². The van der Waals surface area contributed by atoms with Crippen molar-refractivity contribution in [1.29, 1.82) is 0 Å². The molecular formula is C16H23N5O3. The Bertz CT molecular complexity index is 675. The van der Waals surface area contributed by atoms with Crippen molar-refractivity contribution in [1.82, 2.24) is 19.9 Å². The highest BCUT2D eigenvalue weighted by atomic mass is 16.5. The largest absolute Gasteiger partial charge is 0.337 e. The van der Waals surface area contributed by atoms with Gasteiger partial charge in [0.1, 0.15) is 12.1 Å². The average Bonchev–Trinajstić information content (AvgIpc) is 3.10. The molecule has 1 saturated heterocycles. The van der Waals surface area contributed by atoms with Crippen molar-refractivity contribution in [3.8, 4) is 0 Å². The molecule has 8 heteroatoms. The molecule has 2 saturated carbocycles. The molecule has 0 unspecified atom stereocenters. The Balaban J connectivity index is 1.54. The van der Waals surface area contributed by atoms with Gasteiger partial charge in [0, 0.05) is 7.05 Å². The number of nitrogens with zero attached hydrogens (tertiary/aromatic N) is 4. The summed E-state index contributed by atoms with van der Waals surface area (Å²) in [6.07, 6.45) is 7.23. The second-order valence-electron chi connectivity index (χ2n) is 7.35. The molecule has 4 rings (SSSR count). The molecule has 8 nitrogen and oxygen atoms in total. The lowest BCUT2D eigenvalue weighted by molar-refractivity contribution is -0.135. The van der Waals surface area contributed by atoms with E-state index in [9.17, 15) is 9.59 Å². The number of carbonyl (C=O) groups is 2. The quantitative estimate of drug-likeness (QED) is 0.840. The van der Waals surface area contributed by atoms with Gasteiger partial charge in [0.2, 0.25) is 5.89 Å². The van der Waals surface area contributed by atoms with Gasteiger partial charge in [-0.1, -0.05) is 24.4 Å². The molecule has 1 spiro atoms. The Hall–Kier alpha value is -1.96. The van der Waals surface area contributed by atoms with Crippen LogP contribution < -0.4 is 5.73 Å². The Kier molecular flexibility index (Phi) is 3.42. The van der Waals surface area contributed by atoms with E-state index in [1.807, 2.05) is 0 Å². The third-order valence-corrected chi connectivity index (χ3v) is 5.94. The second-order valence-corrected chi connectivity index (χ2v) is 7.35. The molecule has 1 aromatic rings. The van der Waals surface area contributed by atoms with Crippen LogP contribution in [0.1, 0.15) is 63.1 Å². The van der Waals surface area contributed by atoms with Gasteiger partial charge in [0.25, 0.3) is 5.91 Å². The normalized spacial score (nSPS) is 25.4. The Morgan fingerprint density at radius 2 is 1.83 bits per heavy atom. The van der Waals surface area contributed by atoms with Crippen molar-refractivity contribution in [3.05, 3.63) is 11.7 Å². The predicted molar refractivity (Wildman–Crippen MR) is 83.5 cm³/mol. The van der Waals surface area contributed by atoms with Crippen LogP contribution in [0.15, 0.2) is 4.52 Å². The van der Waals surface area contributed by atoms with Crippen LogP contribution in [0.2, 0.25) is 0 Å². The highest BCUT2D eigenvalue weighted by Gasteiger charge is 2.55. The van der Waals surface area contributed by atoms with Crippen molar-refractivity contribution >= 4 is 11.9 Å². The summed E-state index contributed by atoms with van der Waals surface area (Å²) in [5.74, 6) is 0.605. The maximum atomic E-state index is 12.9. The van der Waals surface area contributed by atoms with Crippen LogP contribution in [0.25, 0.3) is 0 Å². The van der Waals surface area contributed by atoms with Gasteiger partial charge in [0.05, 0.1) is 5.54 Å². The maximum absolute atomic E-state index is 12.9. The molecule has 2 N–H and O–H groups in total. The van der Waals surface area contributed by atoms with E-state index in [-0.39, 0.29) is 24.4 Å². The summed E-state index contributed by atoms with van der Waals surface area (Å²) >= 11 is 0.